The maximum atomic E-state index is 14.6. The predicted molar refractivity (Wildman–Crippen MR) is 127 cm³/mol. The first-order valence-electron chi connectivity index (χ1n) is 10.9. The van der Waals surface area contributed by atoms with Gasteiger partial charge >= 0.3 is 0 Å². The minimum absolute atomic E-state index is 0.0201. The molecule has 1 aliphatic rings. The lowest BCUT2D eigenvalue weighted by Gasteiger charge is -2.42. The number of nitrogens with zero attached hydrogens (tertiary/aromatic N) is 6. The molecule has 182 valence electrons. The largest absolute Gasteiger partial charge is 0.393 e. The van der Waals surface area contributed by atoms with E-state index in [1.807, 2.05) is 0 Å². The lowest BCUT2D eigenvalue weighted by molar-refractivity contribution is -0.0353. The number of nitrogens with two attached hydrogens (primary N) is 1. The molecule has 4 N–H and O–H groups in total. The Hall–Kier alpha value is -3.64. The quantitative estimate of drug-likeness (QED) is 0.359. The fourth-order valence-electron chi connectivity index (χ4n) is 4.36. The van der Waals surface area contributed by atoms with Gasteiger partial charge in [-0.1, -0.05) is 22.8 Å². The second-order valence-electron chi connectivity index (χ2n) is 8.65. The van der Waals surface area contributed by atoms with E-state index < -0.39 is 24.4 Å². The van der Waals surface area contributed by atoms with Gasteiger partial charge in [0.05, 0.1) is 28.6 Å². The number of aromatic nitrogens is 6. The Morgan fingerprint density at radius 1 is 1.37 bits per heavy atom. The van der Waals surface area contributed by atoms with E-state index in [2.05, 4.69) is 25.4 Å². The number of aryl methyl sites for hydroxylation is 1. The molecule has 1 atom stereocenters. The van der Waals surface area contributed by atoms with Crippen LogP contribution in [0.2, 0.25) is 5.02 Å². The summed E-state index contributed by atoms with van der Waals surface area (Å²) in [5.41, 5.74) is 4.67. The third-order valence-corrected chi connectivity index (χ3v) is 6.43. The van der Waals surface area contributed by atoms with Gasteiger partial charge in [0, 0.05) is 18.9 Å². The Balaban J connectivity index is 1.61. The van der Waals surface area contributed by atoms with E-state index in [-0.39, 0.29) is 40.5 Å². The molecule has 4 aromatic rings. The lowest BCUT2D eigenvalue weighted by atomic mass is 9.77. The third-order valence-electron chi connectivity index (χ3n) is 6.12. The van der Waals surface area contributed by atoms with Crippen molar-refractivity contribution in [3.63, 3.8) is 0 Å². The van der Waals surface area contributed by atoms with Crippen LogP contribution in [0.1, 0.15) is 43.5 Å². The molecule has 0 bridgehead atoms. The number of aliphatic hydroxyl groups excluding tert-OH is 1. The van der Waals surface area contributed by atoms with Gasteiger partial charge in [0.25, 0.3) is 11.4 Å². The molecular weight excluding hydrogens is 479 g/mol. The molecule has 3 heterocycles. The molecular formula is C22H22ClFN8O3. The van der Waals surface area contributed by atoms with Gasteiger partial charge in [0.15, 0.2) is 5.82 Å². The molecule has 11 nitrogen and oxygen atoms in total. The van der Waals surface area contributed by atoms with E-state index in [9.17, 15) is 14.3 Å². The number of fused-ring (bicyclic) bond motifs is 1. The molecule has 5 rings (SSSR count). The molecule has 1 aliphatic carbocycles. The van der Waals surface area contributed by atoms with Crippen molar-refractivity contribution < 1.29 is 14.0 Å². The van der Waals surface area contributed by atoms with Gasteiger partial charge in [-0.3, -0.25) is 9.36 Å². The van der Waals surface area contributed by atoms with E-state index in [0.29, 0.717) is 28.5 Å². The fourth-order valence-corrected chi connectivity index (χ4v) is 4.61. The van der Waals surface area contributed by atoms with Crippen LogP contribution >= 0.6 is 11.6 Å². The van der Waals surface area contributed by atoms with Crippen LogP contribution < -0.4 is 16.6 Å². The first kappa shape index (κ1) is 23.1. The third kappa shape index (κ3) is 3.98. The summed E-state index contributed by atoms with van der Waals surface area (Å²) < 4.78 is 21.3. The molecule has 13 heteroatoms. The van der Waals surface area contributed by atoms with Crippen molar-refractivity contribution in [3.05, 3.63) is 51.6 Å². The molecule has 0 amide bonds. The summed E-state index contributed by atoms with van der Waals surface area (Å²) in [5, 5.41) is 16.9. The van der Waals surface area contributed by atoms with Crippen LogP contribution in [0.25, 0.3) is 22.4 Å². The van der Waals surface area contributed by atoms with Gasteiger partial charge in [-0.25, -0.2) is 19.3 Å². The number of hydrogen-bond acceptors (Lipinski definition) is 10. The summed E-state index contributed by atoms with van der Waals surface area (Å²) in [6.45, 7) is 2.83. The van der Waals surface area contributed by atoms with E-state index >= 15 is 0 Å². The SMILES string of the molecule is Cc1noc(-c2c(N)ncnc2NC(C)c2nc3cccc(Cl)c3c(=O)n2C2CC(F)(CO)C2)n1. The Labute approximate surface area is 203 Å². The van der Waals surface area contributed by atoms with Crippen molar-refractivity contribution in [2.75, 3.05) is 17.7 Å². The van der Waals surface area contributed by atoms with Gasteiger partial charge in [0.2, 0.25) is 0 Å². The number of hydrogen-bond donors (Lipinski definition) is 3. The monoisotopic (exact) mass is 500 g/mol. The standard InChI is InChI=1S/C22H22ClFN8O3/c1-10(28-18-16(17(25)26-9-27-18)20-29-11(2)31-35-20)19-30-14-5-3-4-13(23)15(14)21(34)32(19)12-6-22(24,7-12)8-33/h3-5,9-10,12,33H,6-8H2,1-2H3,(H3,25,26,27,28). The maximum Gasteiger partial charge on any atom is 0.265 e. The number of rotatable bonds is 6. The summed E-state index contributed by atoms with van der Waals surface area (Å²) in [6, 6.07) is 3.90. The predicted octanol–water partition coefficient (Wildman–Crippen LogP) is 2.99. The Morgan fingerprint density at radius 3 is 2.83 bits per heavy atom. The van der Waals surface area contributed by atoms with Crippen LogP contribution in [-0.4, -0.2) is 47.0 Å². The van der Waals surface area contributed by atoms with E-state index in [1.54, 1.807) is 32.0 Å². The first-order chi connectivity index (χ1) is 16.7. The zero-order chi connectivity index (χ0) is 24.9. The Bertz CT molecular complexity index is 1480. The molecule has 1 fully saturated rings. The lowest BCUT2D eigenvalue weighted by Crippen LogP contribution is -2.48. The zero-order valence-corrected chi connectivity index (χ0v) is 19.6. The van der Waals surface area contributed by atoms with Crippen molar-refractivity contribution >= 4 is 34.1 Å². The number of anilines is 2. The first-order valence-corrected chi connectivity index (χ1v) is 11.3. The number of aliphatic hydroxyl groups is 1. The van der Waals surface area contributed by atoms with Crippen LogP contribution in [0.3, 0.4) is 0 Å². The molecule has 35 heavy (non-hydrogen) atoms. The molecule has 1 aromatic carbocycles. The number of alkyl halides is 1. The Kier molecular flexibility index (Phi) is 5.64. The topological polar surface area (TPSA) is 158 Å². The van der Waals surface area contributed by atoms with Crippen LogP contribution in [0, 0.1) is 6.92 Å². The average molecular weight is 501 g/mol. The minimum Gasteiger partial charge on any atom is -0.393 e. The second kappa shape index (κ2) is 8.54. The van der Waals surface area contributed by atoms with Crippen molar-refractivity contribution in [1.82, 2.24) is 29.7 Å². The highest BCUT2D eigenvalue weighted by Gasteiger charge is 2.46. The normalized spacial score (nSPS) is 20.5. The van der Waals surface area contributed by atoms with Gasteiger partial charge in [0.1, 0.15) is 35.0 Å². The summed E-state index contributed by atoms with van der Waals surface area (Å²) in [5.74, 6) is 1.31. The van der Waals surface area contributed by atoms with Gasteiger partial charge in [-0.05, 0) is 26.0 Å². The van der Waals surface area contributed by atoms with Gasteiger partial charge in [-0.2, -0.15) is 4.98 Å². The molecule has 0 spiro atoms. The number of halogens is 2. The van der Waals surface area contributed by atoms with E-state index in [0.717, 1.165) is 0 Å². The summed E-state index contributed by atoms with van der Waals surface area (Å²) in [4.78, 5) is 30.8. The van der Waals surface area contributed by atoms with Crippen LogP contribution in [0.5, 0.6) is 0 Å². The molecule has 1 saturated carbocycles. The zero-order valence-electron chi connectivity index (χ0n) is 18.9. The van der Waals surface area contributed by atoms with Crippen LogP contribution in [0.4, 0.5) is 16.0 Å². The average Bonchev–Trinajstić information content (AvgIpc) is 3.22. The highest BCUT2D eigenvalue weighted by Crippen LogP contribution is 2.44. The van der Waals surface area contributed by atoms with E-state index in [1.165, 1.54) is 10.9 Å². The minimum atomic E-state index is -1.74. The smallest absolute Gasteiger partial charge is 0.265 e. The van der Waals surface area contributed by atoms with Gasteiger partial charge < -0.3 is 20.7 Å². The van der Waals surface area contributed by atoms with Crippen LogP contribution in [-0.2, 0) is 0 Å². The van der Waals surface area contributed by atoms with Crippen molar-refractivity contribution in [2.45, 2.75) is 44.4 Å². The van der Waals surface area contributed by atoms with Gasteiger partial charge in [-0.15, -0.1) is 0 Å². The summed E-state index contributed by atoms with van der Waals surface area (Å²) >= 11 is 6.32. The highest BCUT2D eigenvalue weighted by atomic mass is 35.5. The van der Waals surface area contributed by atoms with Crippen LogP contribution in [0.15, 0.2) is 33.8 Å². The van der Waals surface area contributed by atoms with Crippen molar-refractivity contribution in [2.24, 2.45) is 0 Å². The van der Waals surface area contributed by atoms with Crippen molar-refractivity contribution in [3.8, 4) is 11.5 Å². The molecule has 3 aromatic heterocycles. The van der Waals surface area contributed by atoms with E-state index in [4.69, 9.17) is 26.8 Å². The molecule has 0 saturated heterocycles. The highest BCUT2D eigenvalue weighted by molar-refractivity contribution is 6.35. The summed E-state index contributed by atoms with van der Waals surface area (Å²) in [7, 11) is 0. The molecule has 0 aliphatic heterocycles. The fraction of sp³-hybridized carbons (Fsp3) is 0.364. The summed E-state index contributed by atoms with van der Waals surface area (Å²) in [6.07, 6.45) is 1.24. The second-order valence-corrected chi connectivity index (χ2v) is 9.05. The molecule has 1 unspecified atom stereocenters. The van der Waals surface area contributed by atoms with Crippen molar-refractivity contribution in [1.29, 1.82) is 0 Å². The Morgan fingerprint density at radius 2 is 2.14 bits per heavy atom. The number of benzene rings is 1. The molecule has 0 radical (unpaired) electrons. The number of nitrogen functional groups attached to an aromatic ring is 1. The maximum absolute atomic E-state index is 14.6. The number of nitrogens with one attached hydrogen (secondary N) is 1.